The Morgan fingerprint density at radius 3 is 3.07 bits per heavy atom. The lowest BCUT2D eigenvalue weighted by molar-refractivity contribution is -0.734. The van der Waals surface area contributed by atoms with Crippen molar-refractivity contribution in [2.75, 3.05) is 6.61 Å². The van der Waals surface area contributed by atoms with Gasteiger partial charge in [-0.15, -0.1) is 11.3 Å². The smallest absolute Gasteiger partial charge is 0.260 e. The lowest BCUT2D eigenvalue weighted by atomic mass is 9.89. The van der Waals surface area contributed by atoms with Gasteiger partial charge in [-0.2, -0.15) is 0 Å². The normalized spacial score (nSPS) is 22.4. The number of nitrogens with zero attached hydrogens (tertiary/aromatic N) is 1. The van der Waals surface area contributed by atoms with E-state index in [0.717, 1.165) is 54.1 Å². The molecule has 3 N–H and O–H groups in total. The van der Waals surface area contributed by atoms with Crippen molar-refractivity contribution >= 4 is 21.6 Å². The highest BCUT2D eigenvalue weighted by atomic mass is 32.1. The van der Waals surface area contributed by atoms with Gasteiger partial charge >= 0.3 is 0 Å². The van der Waals surface area contributed by atoms with E-state index in [1.165, 1.54) is 16.0 Å². The third-order valence-corrected chi connectivity index (χ3v) is 7.29. The van der Waals surface area contributed by atoms with Crippen molar-refractivity contribution in [3.8, 4) is 5.75 Å². The summed E-state index contributed by atoms with van der Waals surface area (Å²) < 4.78 is 5.78. The standard InChI is InChI=1S/C22H25N3O2S/c1-12-7-8-15-18(11-12)28-22-19(15)21(26)24-20(25-22)13(2)23-16-9-10-27-17-6-4-3-5-14(16)17/h3-6,12-13,16,23H,7-11H2,1-2H3,(H,24,25,26)/p+1/t12-,13+,16+/m0/s1. The minimum Gasteiger partial charge on any atom is -0.493 e. The fraction of sp³-hybridized carbons (Fsp3) is 0.455. The van der Waals surface area contributed by atoms with Crippen LogP contribution in [0.15, 0.2) is 29.1 Å². The number of hydrogen-bond donors (Lipinski definition) is 2. The van der Waals surface area contributed by atoms with Crippen LogP contribution in [0.1, 0.15) is 60.6 Å². The molecule has 3 aromatic rings. The Hall–Kier alpha value is -2.18. The number of rotatable bonds is 3. The van der Waals surface area contributed by atoms with Gasteiger partial charge in [-0.1, -0.05) is 19.1 Å². The number of hydrogen-bond acceptors (Lipinski definition) is 4. The van der Waals surface area contributed by atoms with Crippen LogP contribution < -0.4 is 15.6 Å². The van der Waals surface area contributed by atoms with Gasteiger partial charge in [-0.3, -0.25) is 4.79 Å². The van der Waals surface area contributed by atoms with Gasteiger partial charge < -0.3 is 15.0 Å². The molecule has 2 aromatic heterocycles. The van der Waals surface area contributed by atoms with Crippen LogP contribution in [0.3, 0.4) is 0 Å². The SMILES string of the molecule is C[C@H]1CCc2c(sc3nc([C@@H](C)[NH2+][C@@H]4CCOc5ccccc54)[nH]c(=O)c23)C1. The van der Waals surface area contributed by atoms with E-state index in [1.807, 2.05) is 12.1 Å². The van der Waals surface area contributed by atoms with Crippen molar-refractivity contribution in [1.29, 1.82) is 0 Å². The summed E-state index contributed by atoms with van der Waals surface area (Å²) in [4.78, 5) is 23.1. The number of quaternary nitrogens is 1. The first-order valence-electron chi connectivity index (χ1n) is 10.2. The van der Waals surface area contributed by atoms with Gasteiger partial charge in [0.1, 0.15) is 22.7 Å². The van der Waals surface area contributed by atoms with Crippen molar-refractivity contribution in [2.24, 2.45) is 5.92 Å². The summed E-state index contributed by atoms with van der Waals surface area (Å²) in [5.74, 6) is 2.44. The maximum Gasteiger partial charge on any atom is 0.260 e. The Bertz CT molecular complexity index is 1090. The Morgan fingerprint density at radius 1 is 1.32 bits per heavy atom. The molecule has 146 valence electrons. The molecule has 1 aliphatic carbocycles. The van der Waals surface area contributed by atoms with Crippen LogP contribution in [0, 0.1) is 5.92 Å². The van der Waals surface area contributed by atoms with E-state index in [2.05, 4.69) is 36.3 Å². The number of para-hydroxylation sites is 1. The molecular weight excluding hydrogens is 370 g/mol. The molecule has 0 fully saturated rings. The van der Waals surface area contributed by atoms with Gasteiger partial charge in [0.2, 0.25) is 0 Å². The lowest BCUT2D eigenvalue weighted by Gasteiger charge is -2.26. The van der Waals surface area contributed by atoms with Crippen LogP contribution in [0.2, 0.25) is 0 Å². The van der Waals surface area contributed by atoms with Gasteiger partial charge in [0.25, 0.3) is 5.56 Å². The summed E-state index contributed by atoms with van der Waals surface area (Å²) in [5, 5.41) is 3.14. The first kappa shape index (κ1) is 17.9. The Kier molecular flexibility index (Phi) is 4.48. The quantitative estimate of drug-likeness (QED) is 0.714. The predicted molar refractivity (Wildman–Crippen MR) is 111 cm³/mol. The molecule has 28 heavy (non-hydrogen) atoms. The number of aryl methyl sites for hydroxylation is 1. The first-order chi connectivity index (χ1) is 13.6. The van der Waals surface area contributed by atoms with Gasteiger partial charge in [0, 0.05) is 11.3 Å². The lowest BCUT2D eigenvalue weighted by Crippen LogP contribution is -2.86. The van der Waals surface area contributed by atoms with Crippen LogP contribution in [0.5, 0.6) is 5.75 Å². The molecule has 5 nitrogen and oxygen atoms in total. The van der Waals surface area contributed by atoms with Crippen molar-refractivity contribution in [3.63, 3.8) is 0 Å². The zero-order valence-corrected chi connectivity index (χ0v) is 17.1. The van der Waals surface area contributed by atoms with E-state index in [0.29, 0.717) is 12.0 Å². The van der Waals surface area contributed by atoms with Crippen LogP contribution in [-0.2, 0) is 12.8 Å². The fourth-order valence-electron chi connectivity index (χ4n) is 4.59. The molecule has 0 unspecified atom stereocenters. The number of aromatic nitrogens is 2. The Balaban J connectivity index is 1.46. The number of nitrogens with two attached hydrogens (primary N) is 1. The molecule has 0 saturated heterocycles. The zero-order valence-electron chi connectivity index (χ0n) is 16.3. The third kappa shape index (κ3) is 3.05. The predicted octanol–water partition coefficient (Wildman–Crippen LogP) is 3.26. The molecule has 0 spiro atoms. The second-order valence-electron chi connectivity index (χ2n) is 8.25. The zero-order chi connectivity index (χ0) is 19.3. The number of nitrogens with one attached hydrogen (secondary N) is 1. The van der Waals surface area contributed by atoms with Crippen molar-refractivity contribution in [1.82, 2.24) is 9.97 Å². The van der Waals surface area contributed by atoms with E-state index in [1.54, 1.807) is 11.3 Å². The van der Waals surface area contributed by atoms with Crippen LogP contribution in [0.25, 0.3) is 10.2 Å². The maximum absolute atomic E-state index is 12.9. The molecule has 3 heterocycles. The molecule has 0 saturated carbocycles. The fourth-order valence-corrected chi connectivity index (χ4v) is 5.98. The molecule has 0 amide bonds. The average Bonchev–Trinajstić information content (AvgIpc) is 3.06. The number of thiophene rings is 1. The van der Waals surface area contributed by atoms with E-state index in [4.69, 9.17) is 9.72 Å². The highest BCUT2D eigenvalue weighted by Gasteiger charge is 2.28. The molecule has 1 aromatic carbocycles. The highest BCUT2D eigenvalue weighted by Crippen LogP contribution is 2.36. The highest BCUT2D eigenvalue weighted by molar-refractivity contribution is 7.18. The topological polar surface area (TPSA) is 71.6 Å². The van der Waals surface area contributed by atoms with Crippen molar-refractivity contribution in [2.45, 2.75) is 51.6 Å². The summed E-state index contributed by atoms with van der Waals surface area (Å²) in [7, 11) is 0. The third-order valence-electron chi connectivity index (χ3n) is 6.14. The van der Waals surface area contributed by atoms with E-state index < -0.39 is 0 Å². The monoisotopic (exact) mass is 396 g/mol. The summed E-state index contributed by atoms with van der Waals surface area (Å²) in [5.41, 5.74) is 2.50. The second kappa shape index (κ2) is 7.01. The minimum atomic E-state index is 0.0275. The molecular formula is C22H26N3O2S+. The Morgan fingerprint density at radius 2 is 2.18 bits per heavy atom. The summed E-state index contributed by atoms with van der Waals surface area (Å²) in [6.45, 7) is 5.14. The van der Waals surface area contributed by atoms with Gasteiger partial charge in [-0.05, 0) is 49.8 Å². The van der Waals surface area contributed by atoms with E-state index in [9.17, 15) is 4.79 Å². The average molecular weight is 397 g/mol. The largest absolute Gasteiger partial charge is 0.493 e. The van der Waals surface area contributed by atoms with Crippen LogP contribution >= 0.6 is 11.3 Å². The second-order valence-corrected chi connectivity index (χ2v) is 9.33. The molecule has 1 aliphatic heterocycles. The van der Waals surface area contributed by atoms with E-state index in [-0.39, 0.29) is 11.6 Å². The molecule has 6 heteroatoms. The van der Waals surface area contributed by atoms with Gasteiger partial charge in [0.15, 0.2) is 5.82 Å². The molecule has 0 bridgehead atoms. The molecule has 0 radical (unpaired) electrons. The minimum absolute atomic E-state index is 0.0275. The number of H-pyrrole nitrogens is 1. The number of benzene rings is 1. The first-order valence-corrected chi connectivity index (χ1v) is 11.0. The molecule has 5 rings (SSSR count). The van der Waals surface area contributed by atoms with Gasteiger partial charge in [-0.25, -0.2) is 4.98 Å². The van der Waals surface area contributed by atoms with Gasteiger partial charge in [0.05, 0.1) is 17.6 Å². The summed E-state index contributed by atoms with van der Waals surface area (Å²) in [6.07, 6.45) is 4.19. The maximum atomic E-state index is 12.9. The van der Waals surface area contributed by atoms with E-state index >= 15 is 0 Å². The molecule has 3 atom stereocenters. The number of fused-ring (bicyclic) bond motifs is 4. The summed E-state index contributed by atoms with van der Waals surface area (Å²) >= 11 is 1.72. The van der Waals surface area contributed by atoms with Crippen molar-refractivity contribution < 1.29 is 10.1 Å². The van der Waals surface area contributed by atoms with Crippen molar-refractivity contribution in [3.05, 3.63) is 56.4 Å². The Labute approximate surface area is 168 Å². The molecule has 2 aliphatic rings. The van der Waals surface area contributed by atoms with Crippen LogP contribution in [-0.4, -0.2) is 16.6 Å². The number of aromatic amines is 1. The number of ether oxygens (including phenoxy) is 1. The van der Waals surface area contributed by atoms with Crippen LogP contribution in [0.4, 0.5) is 0 Å². The summed E-state index contributed by atoms with van der Waals surface area (Å²) in [6, 6.07) is 8.63.